The van der Waals surface area contributed by atoms with Gasteiger partial charge >= 0.3 is 11.9 Å². The van der Waals surface area contributed by atoms with E-state index in [2.05, 4.69) is 0 Å². The normalized spacial score (nSPS) is 38.2. The maximum atomic E-state index is 12.9. The number of fused-ring (bicyclic) bond motifs is 1. The van der Waals surface area contributed by atoms with Gasteiger partial charge in [-0.15, -0.1) is 0 Å². The smallest absolute Gasteiger partial charge is 0.331 e. The Hall–Kier alpha value is -3.62. The third kappa shape index (κ3) is 8.13. The van der Waals surface area contributed by atoms with Crippen LogP contribution in [0.3, 0.4) is 0 Å². The molecule has 0 bridgehead atoms. The van der Waals surface area contributed by atoms with Crippen LogP contribution in [0.15, 0.2) is 48.3 Å². The summed E-state index contributed by atoms with van der Waals surface area (Å²) in [6, 6.07) is 4.46. The zero-order valence-corrected chi connectivity index (χ0v) is 27.3. The minimum Gasteiger partial charge on any atom is -0.504 e. The average Bonchev–Trinajstić information content (AvgIpc) is 3.45. The molecule has 3 heterocycles. The Morgan fingerprint density at radius 1 is 0.940 bits per heavy atom. The maximum absolute atomic E-state index is 12.9. The fourth-order valence-electron chi connectivity index (χ4n) is 6.20. The fourth-order valence-corrected chi connectivity index (χ4v) is 6.20. The minimum atomic E-state index is -1.72. The fraction of sp³-hybridized carbons (Fsp3) is 0.576. The Labute approximate surface area is 286 Å². The summed E-state index contributed by atoms with van der Waals surface area (Å²) in [6.45, 7) is 1.81. The van der Waals surface area contributed by atoms with Crippen LogP contribution in [0.25, 0.3) is 6.08 Å². The Morgan fingerprint density at radius 2 is 1.70 bits per heavy atom. The molecule has 0 aromatic heterocycles. The van der Waals surface area contributed by atoms with Crippen LogP contribution in [0.4, 0.5) is 0 Å². The van der Waals surface area contributed by atoms with Crippen LogP contribution >= 0.6 is 0 Å². The predicted octanol–water partition coefficient (Wildman–Crippen LogP) is -1.40. The summed E-state index contributed by atoms with van der Waals surface area (Å²) in [4.78, 5) is 24.6. The van der Waals surface area contributed by atoms with Crippen LogP contribution in [-0.2, 0) is 42.7 Å². The first-order chi connectivity index (χ1) is 23.8. The molecular formula is C33H42O17. The zero-order valence-electron chi connectivity index (χ0n) is 27.3. The molecule has 0 unspecified atom stereocenters. The average molecular weight is 711 g/mol. The summed E-state index contributed by atoms with van der Waals surface area (Å²) in [5.41, 5.74) is 0.897. The van der Waals surface area contributed by atoms with Crippen molar-refractivity contribution < 1.29 is 83.2 Å². The first-order valence-electron chi connectivity index (χ1n) is 15.9. The summed E-state index contributed by atoms with van der Waals surface area (Å²) in [5.74, 6) is -2.79. The molecule has 5 rings (SSSR count). The van der Waals surface area contributed by atoms with E-state index in [0.717, 1.165) is 6.08 Å². The number of methoxy groups -OCH3 is 1. The van der Waals surface area contributed by atoms with E-state index in [-0.39, 0.29) is 18.1 Å². The molecule has 2 saturated heterocycles. The van der Waals surface area contributed by atoms with E-state index in [1.807, 2.05) is 0 Å². The van der Waals surface area contributed by atoms with Gasteiger partial charge in [-0.2, -0.15) is 0 Å². The molecule has 0 amide bonds. The molecule has 17 nitrogen and oxygen atoms in total. The third-order valence-corrected chi connectivity index (χ3v) is 8.91. The molecule has 17 heteroatoms. The highest BCUT2D eigenvalue weighted by atomic mass is 16.8. The van der Waals surface area contributed by atoms with Gasteiger partial charge in [0.1, 0.15) is 43.2 Å². The number of carbonyl (C=O) groups is 2. The Morgan fingerprint density at radius 3 is 2.38 bits per heavy atom. The molecule has 276 valence electrons. The molecule has 0 radical (unpaired) electrons. The third-order valence-electron chi connectivity index (χ3n) is 8.91. The second-order valence-corrected chi connectivity index (χ2v) is 12.2. The number of phenols is 1. The summed E-state index contributed by atoms with van der Waals surface area (Å²) < 4.78 is 45.1. The van der Waals surface area contributed by atoms with Gasteiger partial charge in [0.05, 0.1) is 38.1 Å². The van der Waals surface area contributed by atoms with Gasteiger partial charge in [0, 0.05) is 18.9 Å². The molecule has 0 saturated carbocycles. The Balaban J connectivity index is 1.35. The van der Waals surface area contributed by atoms with E-state index in [4.69, 9.17) is 37.9 Å². The molecule has 2 fully saturated rings. The number of phenolic OH excluding ortho intramolecular Hbond substituents is 1. The molecule has 14 atom stereocenters. The quantitative estimate of drug-likeness (QED) is 0.0792. The monoisotopic (exact) mass is 710 g/mol. The van der Waals surface area contributed by atoms with Crippen molar-refractivity contribution in [3.8, 4) is 11.5 Å². The Bertz CT molecular complexity index is 1440. The SMILES string of the molecule is COc1ccc(/C=C/C(=O)O[C@H]2[C@H](O[C@@H]3C=C(COC(C)=O)[C@H]4[C@H](O[C@@H]5O[C@H](CO)[C@@H](O)[C@H](O)[C@H]5O)OC=C[C@H]43)O[C@@H](C)[C@H](O)[C@H]2O)cc1O. The predicted molar refractivity (Wildman–Crippen MR) is 165 cm³/mol. The zero-order chi connectivity index (χ0) is 36.3. The van der Waals surface area contributed by atoms with Crippen molar-refractivity contribution >= 4 is 18.0 Å². The number of aliphatic hydroxyl groups excluding tert-OH is 6. The van der Waals surface area contributed by atoms with E-state index in [1.165, 1.54) is 45.4 Å². The maximum Gasteiger partial charge on any atom is 0.331 e. The number of aromatic hydroxyl groups is 1. The second-order valence-electron chi connectivity index (χ2n) is 12.2. The van der Waals surface area contributed by atoms with Gasteiger partial charge in [-0.3, -0.25) is 4.79 Å². The van der Waals surface area contributed by atoms with Gasteiger partial charge in [0.25, 0.3) is 0 Å². The van der Waals surface area contributed by atoms with Crippen LogP contribution in [0.2, 0.25) is 0 Å². The molecule has 1 aliphatic carbocycles. The van der Waals surface area contributed by atoms with E-state index in [1.54, 1.807) is 18.2 Å². The van der Waals surface area contributed by atoms with Gasteiger partial charge in [0.15, 0.2) is 30.2 Å². The van der Waals surface area contributed by atoms with E-state index >= 15 is 0 Å². The van der Waals surface area contributed by atoms with Crippen molar-refractivity contribution in [2.45, 2.75) is 87.7 Å². The Kier molecular flexibility index (Phi) is 12.2. The minimum absolute atomic E-state index is 0.149. The largest absolute Gasteiger partial charge is 0.504 e. The summed E-state index contributed by atoms with van der Waals surface area (Å²) in [6.07, 6.45) is -9.94. The number of esters is 2. The standard InChI is InChI=1S/C33H42O17/c1-14-25(38)28(41)30(49-23(37)7-5-16-4-6-20(43-3)19(36)10-16)33(46-14)47-21-11-17(13-45-15(2)35)24-18(21)8-9-44-31(24)50-32-29(42)27(40)26(39)22(12-34)48-32/h4-11,14,18,21-22,24-34,36,38-42H,12-13H2,1-3H3/b7-5+/t14-,18-,21+,22+,24+,25-,26+,27-,28+,29+,30+,31-,32-,33-/m0/s1. The molecule has 1 aromatic rings. The summed E-state index contributed by atoms with van der Waals surface area (Å²) in [7, 11) is 1.39. The summed E-state index contributed by atoms with van der Waals surface area (Å²) >= 11 is 0. The molecule has 0 spiro atoms. The lowest BCUT2D eigenvalue weighted by molar-refractivity contribution is -0.341. The first kappa shape index (κ1) is 37.6. The van der Waals surface area contributed by atoms with Crippen molar-refractivity contribution in [2.24, 2.45) is 11.8 Å². The topological polar surface area (TPSA) is 250 Å². The second kappa shape index (κ2) is 16.2. The number of hydrogen-bond donors (Lipinski definition) is 7. The first-order valence-corrected chi connectivity index (χ1v) is 15.9. The molecule has 4 aliphatic rings. The molecular weight excluding hydrogens is 668 g/mol. The van der Waals surface area contributed by atoms with Crippen LogP contribution in [-0.4, -0.2) is 142 Å². The number of benzene rings is 1. The molecule has 1 aromatic carbocycles. The van der Waals surface area contributed by atoms with Gasteiger partial charge in [0.2, 0.25) is 6.29 Å². The lowest BCUT2D eigenvalue weighted by Crippen LogP contribution is -2.60. The van der Waals surface area contributed by atoms with Gasteiger partial charge in [-0.25, -0.2) is 4.79 Å². The number of rotatable bonds is 11. The summed E-state index contributed by atoms with van der Waals surface area (Å²) in [5, 5.41) is 72.1. The van der Waals surface area contributed by atoms with Crippen LogP contribution in [0.5, 0.6) is 11.5 Å². The van der Waals surface area contributed by atoms with Crippen LogP contribution < -0.4 is 4.74 Å². The van der Waals surface area contributed by atoms with E-state index in [9.17, 15) is 45.3 Å². The number of ether oxygens (including phenoxy) is 8. The van der Waals surface area contributed by atoms with Crippen molar-refractivity contribution in [3.05, 3.63) is 53.8 Å². The van der Waals surface area contributed by atoms with Crippen molar-refractivity contribution in [2.75, 3.05) is 20.3 Å². The van der Waals surface area contributed by atoms with Crippen LogP contribution in [0, 0.1) is 11.8 Å². The lowest BCUT2D eigenvalue weighted by Gasteiger charge is -2.43. The van der Waals surface area contributed by atoms with Crippen molar-refractivity contribution in [3.63, 3.8) is 0 Å². The number of aliphatic hydroxyl groups is 6. The number of carbonyl (C=O) groups excluding carboxylic acids is 2. The number of hydrogen-bond acceptors (Lipinski definition) is 17. The van der Waals surface area contributed by atoms with E-state index in [0.29, 0.717) is 11.1 Å². The molecule has 50 heavy (non-hydrogen) atoms. The molecule has 3 aliphatic heterocycles. The van der Waals surface area contributed by atoms with Crippen LogP contribution in [0.1, 0.15) is 19.4 Å². The van der Waals surface area contributed by atoms with Gasteiger partial charge in [-0.05, 0) is 42.3 Å². The highest BCUT2D eigenvalue weighted by molar-refractivity contribution is 5.87. The molecule has 7 N–H and O–H groups in total. The lowest BCUT2D eigenvalue weighted by atomic mass is 9.88. The van der Waals surface area contributed by atoms with E-state index < -0.39 is 104 Å². The van der Waals surface area contributed by atoms with Crippen molar-refractivity contribution in [1.82, 2.24) is 0 Å². The highest BCUT2D eigenvalue weighted by Gasteiger charge is 2.52. The van der Waals surface area contributed by atoms with Gasteiger partial charge < -0.3 is 73.6 Å². The van der Waals surface area contributed by atoms with Gasteiger partial charge in [-0.1, -0.05) is 12.1 Å². The van der Waals surface area contributed by atoms with Crippen molar-refractivity contribution in [1.29, 1.82) is 0 Å². The highest BCUT2D eigenvalue weighted by Crippen LogP contribution is 2.43.